The molecule has 0 radical (unpaired) electrons. The van der Waals surface area contributed by atoms with Crippen LogP contribution >= 0.6 is 0 Å². The lowest BCUT2D eigenvalue weighted by Gasteiger charge is -2.35. The van der Waals surface area contributed by atoms with E-state index in [9.17, 15) is 39.0 Å². The summed E-state index contributed by atoms with van der Waals surface area (Å²) in [4.78, 5) is 79.0. The lowest BCUT2D eigenvalue weighted by molar-refractivity contribution is -0.241. The van der Waals surface area contributed by atoms with Crippen molar-refractivity contribution < 1.29 is 53.1 Å². The molecule has 2 saturated heterocycles. The number of aliphatic hydroxyl groups is 2. The minimum atomic E-state index is -1.88. The molecule has 326 valence electrons. The highest BCUT2D eigenvalue weighted by Gasteiger charge is 2.54. The number of carbonyl (C=O) groups excluding carboxylic acids is 4. The fourth-order valence-electron chi connectivity index (χ4n) is 7.53. The van der Waals surface area contributed by atoms with Gasteiger partial charge in [-0.3, -0.25) is 33.5 Å². The Morgan fingerprint density at radius 2 is 1.60 bits per heavy atom. The number of esters is 1. The number of nitrogens with two attached hydrogens (primary N) is 1. The summed E-state index contributed by atoms with van der Waals surface area (Å²) in [7, 11) is 1.25. The summed E-state index contributed by atoms with van der Waals surface area (Å²) < 4.78 is 30.0. The van der Waals surface area contributed by atoms with Crippen LogP contribution in [0.5, 0.6) is 0 Å². The Bertz CT molecular complexity index is 1650. The predicted octanol–water partition coefficient (Wildman–Crippen LogP) is 1.85. The normalized spacial score (nSPS) is 27.8. The number of primary amides is 1. The zero-order valence-corrected chi connectivity index (χ0v) is 33.9. The minimum absolute atomic E-state index is 0.0526. The maximum Gasteiger partial charge on any atom is 0.330 e. The van der Waals surface area contributed by atoms with Crippen LogP contribution in [0.4, 0.5) is 0 Å². The highest BCUT2D eigenvalue weighted by atomic mass is 16.7. The number of hydrogen-bond donors (Lipinski definition) is 6. The predicted molar refractivity (Wildman–Crippen MR) is 209 cm³/mol. The molecule has 3 amide bonds. The Hall–Kier alpha value is -4.10. The van der Waals surface area contributed by atoms with Crippen molar-refractivity contribution in [1.82, 2.24) is 20.2 Å². The SMILES string of the molecule is CCCCCCCCCCCCCCCC(=O)OC1C(OC)C(C(OC2OC(C(=O)NC3CCCC(C)NC3=O)=CC(O)C2O)C(N)=O)OC1n1ccc(=O)[nH]c1=O. The lowest BCUT2D eigenvalue weighted by atomic mass is 10.0. The highest BCUT2D eigenvalue weighted by Crippen LogP contribution is 2.36. The van der Waals surface area contributed by atoms with Crippen molar-refractivity contribution in [3.63, 3.8) is 0 Å². The summed E-state index contributed by atoms with van der Waals surface area (Å²) in [5, 5.41) is 26.8. The van der Waals surface area contributed by atoms with Crippen molar-refractivity contribution in [3.8, 4) is 0 Å². The highest BCUT2D eigenvalue weighted by molar-refractivity contribution is 5.95. The quantitative estimate of drug-likeness (QED) is 0.0681. The number of H-pyrrole nitrogens is 1. The zero-order chi connectivity index (χ0) is 42.2. The Balaban J connectivity index is 1.40. The molecule has 1 aromatic heterocycles. The first-order chi connectivity index (χ1) is 27.8. The van der Waals surface area contributed by atoms with Gasteiger partial charge in [0.1, 0.15) is 30.5 Å². The molecule has 0 saturated carbocycles. The van der Waals surface area contributed by atoms with Gasteiger partial charge in [-0.15, -0.1) is 0 Å². The molecule has 1 aromatic rings. The van der Waals surface area contributed by atoms with Gasteiger partial charge in [0.15, 0.2) is 24.2 Å². The van der Waals surface area contributed by atoms with E-state index < -0.39 is 95.9 Å². The van der Waals surface area contributed by atoms with Gasteiger partial charge in [-0.25, -0.2) is 4.79 Å². The van der Waals surface area contributed by atoms with E-state index in [1.165, 1.54) is 58.5 Å². The number of aliphatic hydroxyl groups excluding tert-OH is 2. The number of hydrogen-bond acceptors (Lipinski definition) is 13. The summed E-state index contributed by atoms with van der Waals surface area (Å²) in [6, 6.07) is 0.0825. The van der Waals surface area contributed by atoms with Crippen LogP contribution in [-0.4, -0.2) is 106 Å². The first-order valence-corrected chi connectivity index (χ1v) is 20.8. The van der Waals surface area contributed by atoms with Gasteiger partial charge in [-0.05, 0) is 38.7 Å². The Morgan fingerprint density at radius 1 is 0.966 bits per heavy atom. The number of aromatic nitrogens is 2. The van der Waals surface area contributed by atoms with E-state index in [-0.39, 0.29) is 12.5 Å². The van der Waals surface area contributed by atoms with Gasteiger partial charge in [0.2, 0.25) is 18.1 Å². The van der Waals surface area contributed by atoms with E-state index in [0.717, 1.165) is 55.0 Å². The second kappa shape index (κ2) is 23.5. The Morgan fingerprint density at radius 3 is 2.21 bits per heavy atom. The van der Waals surface area contributed by atoms with E-state index in [2.05, 4.69) is 22.5 Å². The van der Waals surface area contributed by atoms with Crippen molar-refractivity contribution in [2.75, 3.05) is 7.11 Å². The van der Waals surface area contributed by atoms with Gasteiger partial charge < -0.3 is 50.3 Å². The van der Waals surface area contributed by atoms with Gasteiger partial charge in [0.05, 0.1) is 0 Å². The van der Waals surface area contributed by atoms with Crippen LogP contribution in [0.25, 0.3) is 0 Å². The summed E-state index contributed by atoms with van der Waals surface area (Å²) >= 11 is 0. The van der Waals surface area contributed by atoms with Crippen LogP contribution in [0, 0.1) is 0 Å². The standard InChI is InChI=1S/C40H63N5O13/c1-4-5-6-7-8-9-10-11-12-13-14-15-16-20-29(48)56-34-31(54-3)32(57-38(34)45-22-21-28(47)44-40(45)53)33(35(41)50)58-39-30(49)26(46)23-27(55-39)37(52)43-25-19-17-18-24(2)42-36(25)51/h21-26,30-34,38-39,46,49H,4-20H2,1-3H3,(H2,41,50)(H,42,51)(H,43,52)(H,44,47,53). The molecule has 18 heteroatoms. The van der Waals surface area contributed by atoms with E-state index >= 15 is 0 Å². The second-order valence-electron chi connectivity index (χ2n) is 15.5. The zero-order valence-electron chi connectivity index (χ0n) is 33.9. The molecule has 10 unspecified atom stereocenters. The number of amides is 3. The molecule has 4 heterocycles. The number of ether oxygens (including phenoxy) is 5. The largest absolute Gasteiger partial charge is 0.456 e. The average molecular weight is 822 g/mol. The Labute approximate surface area is 338 Å². The molecule has 0 aromatic carbocycles. The van der Waals surface area contributed by atoms with Crippen LogP contribution < -0.4 is 27.6 Å². The van der Waals surface area contributed by atoms with Crippen LogP contribution in [0.15, 0.2) is 33.7 Å². The topological polar surface area (TPSA) is 260 Å². The number of nitrogens with zero attached hydrogens (tertiary/aromatic N) is 1. The lowest BCUT2D eigenvalue weighted by Crippen LogP contribution is -2.54. The third-order valence-corrected chi connectivity index (χ3v) is 10.8. The fraction of sp³-hybridized carbons (Fsp3) is 0.750. The molecule has 3 aliphatic rings. The van der Waals surface area contributed by atoms with E-state index in [0.29, 0.717) is 19.3 Å². The van der Waals surface area contributed by atoms with E-state index in [1.54, 1.807) is 0 Å². The average Bonchev–Trinajstić information content (AvgIpc) is 3.44. The van der Waals surface area contributed by atoms with Crippen molar-refractivity contribution in [1.29, 1.82) is 0 Å². The summed E-state index contributed by atoms with van der Waals surface area (Å²) in [6.45, 7) is 4.06. The van der Waals surface area contributed by atoms with Crippen LogP contribution in [0.3, 0.4) is 0 Å². The minimum Gasteiger partial charge on any atom is -0.456 e. The molecule has 18 nitrogen and oxygen atoms in total. The van der Waals surface area contributed by atoms with Crippen LogP contribution in [-0.2, 0) is 42.9 Å². The second-order valence-corrected chi connectivity index (χ2v) is 15.5. The van der Waals surface area contributed by atoms with Crippen LogP contribution in [0.2, 0.25) is 0 Å². The van der Waals surface area contributed by atoms with Gasteiger partial charge >= 0.3 is 11.7 Å². The number of nitrogens with one attached hydrogen (secondary N) is 3. The molecule has 2 fully saturated rings. The van der Waals surface area contributed by atoms with Crippen molar-refractivity contribution >= 4 is 23.7 Å². The van der Waals surface area contributed by atoms with Gasteiger partial charge in [-0.2, -0.15) is 0 Å². The van der Waals surface area contributed by atoms with Crippen molar-refractivity contribution in [3.05, 3.63) is 44.9 Å². The number of carbonyl (C=O) groups is 4. The van der Waals surface area contributed by atoms with Gasteiger partial charge in [-0.1, -0.05) is 84.0 Å². The van der Waals surface area contributed by atoms with Crippen molar-refractivity contribution in [2.24, 2.45) is 5.73 Å². The summed E-state index contributed by atoms with van der Waals surface area (Å²) in [5.74, 6) is -3.55. The van der Waals surface area contributed by atoms with E-state index in [4.69, 9.17) is 29.4 Å². The number of aromatic amines is 1. The first kappa shape index (κ1) is 46.6. The maximum absolute atomic E-state index is 13.2. The van der Waals surface area contributed by atoms with Gasteiger partial charge in [0.25, 0.3) is 11.5 Å². The molecule has 10 atom stereocenters. The smallest absolute Gasteiger partial charge is 0.330 e. The van der Waals surface area contributed by atoms with Crippen LogP contribution in [0.1, 0.15) is 129 Å². The third-order valence-electron chi connectivity index (χ3n) is 10.8. The summed E-state index contributed by atoms with van der Waals surface area (Å²) in [6.07, 6.45) is 5.59. The summed E-state index contributed by atoms with van der Waals surface area (Å²) in [5.41, 5.74) is 4.17. The molecule has 0 aliphatic carbocycles. The number of unbranched alkanes of at least 4 members (excludes halogenated alkanes) is 12. The fourth-order valence-corrected chi connectivity index (χ4v) is 7.53. The third kappa shape index (κ3) is 13.5. The molecule has 3 aliphatic heterocycles. The molecular weight excluding hydrogens is 758 g/mol. The molecule has 4 rings (SSSR count). The molecule has 58 heavy (non-hydrogen) atoms. The number of rotatable bonds is 23. The van der Waals surface area contributed by atoms with Crippen molar-refractivity contribution in [2.45, 2.75) is 184 Å². The number of methoxy groups -OCH3 is 1. The molecular formula is C40H63N5O13. The monoisotopic (exact) mass is 821 g/mol. The first-order valence-electron chi connectivity index (χ1n) is 20.8. The molecule has 7 N–H and O–H groups in total. The molecule has 0 spiro atoms. The molecule has 0 bridgehead atoms. The van der Waals surface area contributed by atoms with E-state index in [1.807, 2.05) is 6.92 Å². The maximum atomic E-state index is 13.2. The van der Waals surface area contributed by atoms with Gasteiger partial charge in [0, 0.05) is 31.8 Å². The Kier molecular flexibility index (Phi) is 18.9.